The van der Waals surface area contributed by atoms with Gasteiger partial charge in [0.25, 0.3) is 0 Å². The maximum atomic E-state index is 13.0. The highest BCUT2D eigenvalue weighted by molar-refractivity contribution is 7.89. The molecule has 0 aromatic heterocycles. The molecule has 23 heavy (non-hydrogen) atoms. The molecule has 0 bridgehead atoms. The second-order valence-corrected chi connectivity index (χ2v) is 8.98. The molecule has 5 nitrogen and oxygen atoms in total. The zero-order valence-electron chi connectivity index (χ0n) is 13.9. The second-order valence-electron chi connectivity index (χ2n) is 7.04. The van der Waals surface area contributed by atoms with Crippen LogP contribution in [-0.4, -0.2) is 64.6 Å². The van der Waals surface area contributed by atoms with E-state index >= 15 is 0 Å². The van der Waals surface area contributed by atoms with Crippen LogP contribution in [0.2, 0.25) is 0 Å². The number of sulfonamides is 1. The molecule has 128 valence electrons. The third-order valence-corrected chi connectivity index (χ3v) is 7.06. The lowest BCUT2D eigenvalue weighted by Crippen LogP contribution is -2.40. The molecule has 2 saturated heterocycles. The first-order chi connectivity index (χ1) is 10.9. The maximum absolute atomic E-state index is 13.0. The third-order valence-electron chi connectivity index (χ3n) is 5.24. The molecule has 0 radical (unpaired) electrons. The van der Waals surface area contributed by atoms with Gasteiger partial charge in [0.05, 0.1) is 4.90 Å². The fourth-order valence-electron chi connectivity index (χ4n) is 3.95. The summed E-state index contributed by atoms with van der Waals surface area (Å²) in [5.74, 6) is 0.361. The van der Waals surface area contributed by atoms with Crippen LogP contribution in [0.15, 0.2) is 35.2 Å². The molecule has 2 aliphatic rings. The lowest BCUT2D eigenvalue weighted by Gasteiger charge is -2.39. The molecular formula is C17H26N2O3S. The Morgan fingerprint density at radius 1 is 1.22 bits per heavy atom. The van der Waals surface area contributed by atoms with Gasteiger partial charge in [-0.2, -0.15) is 4.31 Å². The van der Waals surface area contributed by atoms with E-state index in [0.29, 0.717) is 23.9 Å². The topological polar surface area (TPSA) is 49.9 Å². The van der Waals surface area contributed by atoms with Crippen LogP contribution < -0.4 is 0 Å². The minimum absolute atomic E-state index is 0.0599. The number of nitrogens with zero attached hydrogens (tertiary/aromatic N) is 2. The molecule has 1 unspecified atom stereocenters. The summed E-state index contributed by atoms with van der Waals surface area (Å²) in [7, 11) is 0.705. The summed E-state index contributed by atoms with van der Waals surface area (Å²) < 4.78 is 33.2. The number of benzene rings is 1. The van der Waals surface area contributed by atoms with Crippen LogP contribution in [0.25, 0.3) is 0 Å². The van der Waals surface area contributed by atoms with Crippen molar-refractivity contribution >= 4 is 10.0 Å². The molecule has 2 heterocycles. The first-order valence-electron chi connectivity index (χ1n) is 8.22. The first kappa shape index (κ1) is 16.9. The Morgan fingerprint density at radius 2 is 1.87 bits per heavy atom. The molecule has 0 saturated carbocycles. The number of hydrogen-bond acceptors (Lipinski definition) is 4. The summed E-state index contributed by atoms with van der Waals surface area (Å²) in [6.07, 6.45) is 1.90. The fourth-order valence-corrected chi connectivity index (χ4v) is 5.55. The highest BCUT2D eigenvalue weighted by atomic mass is 32.2. The van der Waals surface area contributed by atoms with Crippen molar-refractivity contribution in [3.8, 4) is 0 Å². The largest absolute Gasteiger partial charge is 0.381 e. The van der Waals surface area contributed by atoms with Crippen molar-refractivity contribution in [2.75, 3.05) is 46.9 Å². The summed E-state index contributed by atoms with van der Waals surface area (Å²) in [6, 6.07) is 8.78. The summed E-state index contributed by atoms with van der Waals surface area (Å²) in [6.45, 7) is 3.62. The van der Waals surface area contributed by atoms with Crippen LogP contribution in [0.5, 0.6) is 0 Å². The zero-order valence-corrected chi connectivity index (χ0v) is 14.8. The van der Waals surface area contributed by atoms with Crippen LogP contribution in [-0.2, 0) is 14.8 Å². The average Bonchev–Trinajstić information content (AvgIpc) is 2.87. The van der Waals surface area contributed by atoms with E-state index in [9.17, 15) is 8.42 Å². The molecule has 0 N–H and O–H groups in total. The molecule has 3 rings (SSSR count). The second kappa shape index (κ2) is 6.51. The van der Waals surface area contributed by atoms with Gasteiger partial charge in [-0.25, -0.2) is 8.42 Å². The van der Waals surface area contributed by atoms with Gasteiger partial charge in [0.15, 0.2) is 0 Å². The Labute approximate surface area is 139 Å². The normalized spacial score (nSPS) is 25.3. The van der Waals surface area contributed by atoms with E-state index < -0.39 is 10.0 Å². The van der Waals surface area contributed by atoms with E-state index in [4.69, 9.17) is 4.74 Å². The SMILES string of the molecule is CN(C)CC1CN(S(=O)(=O)c2ccccc2)CC12CCOCC2. The van der Waals surface area contributed by atoms with Gasteiger partial charge in [0.1, 0.15) is 0 Å². The summed E-state index contributed by atoms with van der Waals surface area (Å²) in [5.41, 5.74) is 0.0599. The monoisotopic (exact) mass is 338 g/mol. The molecule has 6 heteroatoms. The van der Waals surface area contributed by atoms with Crippen molar-refractivity contribution in [1.82, 2.24) is 9.21 Å². The first-order valence-corrected chi connectivity index (χ1v) is 9.66. The lowest BCUT2D eigenvalue weighted by molar-refractivity contribution is -0.00333. The Morgan fingerprint density at radius 3 is 2.48 bits per heavy atom. The van der Waals surface area contributed by atoms with Crippen molar-refractivity contribution in [2.24, 2.45) is 11.3 Å². The third kappa shape index (κ3) is 3.31. The lowest BCUT2D eigenvalue weighted by atomic mass is 9.72. The van der Waals surface area contributed by atoms with Crippen LogP contribution in [0.1, 0.15) is 12.8 Å². The van der Waals surface area contributed by atoms with E-state index in [0.717, 1.165) is 32.6 Å². The molecule has 1 aromatic carbocycles. The summed E-state index contributed by atoms with van der Waals surface area (Å²) in [5, 5.41) is 0. The Bertz CT molecular complexity index is 624. The van der Waals surface area contributed by atoms with Crippen molar-refractivity contribution in [1.29, 1.82) is 0 Å². The van der Waals surface area contributed by atoms with Gasteiger partial charge in [-0.3, -0.25) is 0 Å². The van der Waals surface area contributed by atoms with Gasteiger partial charge in [0, 0.05) is 32.8 Å². The van der Waals surface area contributed by atoms with Gasteiger partial charge >= 0.3 is 0 Å². The highest BCUT2D eigenvalue weighted by Crippen LogP contribution is 2.45. The minimum Gasteiger partial charge on any atom is -0.381 e. The molecule has 2 fully saturated rings. The van der Waals surface area contributed by atoms with Crippen LogP contribution in [0.3, 0.4) is 0 Å². The summed E-state index contributed by atoms with van der Waals surface area (Å²) >= 11 is 0. The van der Waals surface area contributed by atoms with Crippen molar-refractivity contribution in [2.45, 2.75) is 17.7 Å². The van der Waals surface area contributed by atoms with Crippen LogP contribution in [0.4, 0.5) is 0 Å². The van der Waals surface area contributed by atoms with Gasteiger partial charge in [-0.15, -0.1) is 0 Å². The molecule has 1 aromatic rings. The van der Waals surface area contributed by atoms with E-state index in [-0.39, 0.29) is 5.41 Å². The molecule has 0 amide bonds. The smallest absolute Gasteiger partial charge is 0.243 e. The summed E-state index contributed by atoms with van der Waals surface area (Å²) in [4.78, 5) is 2.56. The predicted octanol–water partition coefficient (Wildman–Crippen LogP) is 1.67. The van der Waals surface area contributed by atoms with Gasteiger partial charge < -0.3 is 9.64 Å². The molecule has 2 aliphatic heterocycles. The maximum Gasteiger partial charge on any atom is 0.243 e. The number of hydrogen-bond donors (Lipinski definition) is 0. The van der Waals surface area contributed by atoms with Crippen LogP contribution >= 0.6 is 0 Å². The molecular weight excluding hydrogens is 312 g/mol. The van der Waals surface area contributed by atoms with Crippen molar-refractivity contribution in [3.63, 3.8) is 0 Å². The number of ether oxygens (including phenoxy) is 1. The Hall–Kier alpha value is -0.950. The van der Waals surface area contributed by atoms with Crippen molar-refractivity contribution < 1.29 is 13.2 Å². The van der Waals surface area contributed by atoms with Gasteiger partial charge in [-0.1, -0.05) is 18.2 Å². The standard InChI is InChI=1S/C17H26N2O3S/c1-18(2)12-15-13-19(14-17(15)8-10-22-11-9-17)23(20,21)16-6-4-3-5-7-16/h3-7,15H,8-14H2,1-2H3. The van der Waals surface area contributed by atoms with E-state index in [1.165, 1.54) is 0 Å². The van der Waals surface area contributed by atoms with E-state index in [1.54, 1.807) is 28.6 Å². The van der Waals surface area contributed by atoms with E-state index in [1.807, 2.05) is 6.07 Å². The van der Waals surface area contributed by atoms with Crippen molar-refractivity contribution in [3.05, 3.63) is 30.3 Å². The predicted molar refractivity (Wildman–Crippen MR) is 89.7 cm³/mol. The van der Waals surface area contributed by atoms with E-state index in [2.05, 4.69) is 19.0 Å². The quantitative estimate of drug-likeness (QED) is 0.838. The Kier molecular flexibility index (Phi) is 4.78. The molecule has 0 aliphatic carbocycles. The number of rotatable bonds is 4. The fraction of sp³-hybridized carbons (Fsp3) is 0.647. The minimum atomic E-state index is -3.41. The van der Waals surface area contributed by atoms with Crippen LogP contribution in [0, 0.1) is 11.3 Å². The molecule has 1 atom stereocenters. The molecule has 1 spiro atoms. The Balaban J connectivity index is 1.88. The average molecular weight is 338 g/mol. The zero-order chi connectivity index (χ0) is 16.5. The van der Waals surface area contributed by atoms with Gasteiger partial charge in [-0.05, 0) is 50.4 Å². The highest BCUT2D eigenvalue weighted by Gasteiger charge is 2.50. The van der Waals surface area contributed by atoms with Gasteiger partial charge in [0.2, 0.25) is 10.0 Å².